The van der Waals surface area contributed by atoms with Crippen molar-refractivity contribution in [1.29, 1.82) is 0 Å². The number of alkyl halides is 3. The maximum absolute atomic E-state index is 11.9. The molecule has 1 rings (SSSR count). The molecule has 132 valence electrons. The summed E-state index contributed by atoms with van der Waals surface area (Å²) in [5.41, 5.74) is 7.14. The van der Waals surface area contributed by atoms with Crippen LogP contribution in [0.25, 0.3) is 0 Å². The molecule has 1 aromatic carbocycles. The lowest BCUT2D eigenvalue weighted by atomic mass is 10.0. The van der Waals surface area contributed by atoms with Crippen molar-refractivity contribution >= 4 is 18.3 Å². The highest BCUT2D eigenvalue weighted by molar-refractivity contribution is 5.85. The topological polar surface area (TPSA) is 64.4 Å². The van der Waals surface area contributed by atoms with Crippen LogP contribution in [0.3, 0.4) is 0 Å². The lowest BCUT2D eigenvalue weighted by Gasteiger charge is -2.15. The molecule has 0 aliphatic carbocycles. The van der Waals surface area contributed by atoms with Gasteiger partial charge in [-0.2, -0.15) is 13.2 Å². The van der Waals surface area contributed by atoms with E-state index in [2.05, 4.69) is 10.1 Å². The minimum atomic E-state index is -4.32. The summed E-state index contributed by atoms with van der Waals surface area (Å²) in [5, 5.41) is 2.76. The summed E-state index contributed by atoms with van der Waals surface area (Å²) in [6.45, 7) is 2.49. The molecule has 0 aliphatic heterocycles. The Kier molecular flexibility index (Phi) is 9.19. The van der Waals surface area contributed by atoms with Crippen molar-refractivity contribution in [2.24, 2.45) is 11.7 Å². The summed E-state index contributed by atoms with van der Waals surface area (Å²) in [4.78, 5) is 11.7. The molecule has 0 aliphatic rings. The Morgan fingerprint density at radius 2 is 1.74 bits per heavy atom. The van der Waals surface area contributed by atoms with Crippen molar-refractivity contribution in [3.8, 4) is 0 Å². The predicted molar refractivity (Wildman–Crippen MR) is 84.1 cm³/mol. The minimum absolute atomic E-state index is 0. The van der Waals surface area contributed by atoms with Gasteiger partial charge < -0.3 is 15.8 Å². The highest BCUT2D eigenvalue weighted by atomic mass is 35.5. The molecule has 2 atom stereocenters. The third kappa shape index (κ3) is 8.78. The van der Waals surface area contributed by atoms with Crippen LogP contribution in [0.5, 0.6) is 0 Å². The Morgan fingerprint density at radius 3 is 2.22 bits per heavy atom. The third-order valence-corrected chi connectivity index (χ3v) is 3.23. The van der Waals surface area contributed by atoms with Crippen molar-refractivity contribution in [1.82, 2.24) is 5.32 Å². The fraction of sp³-hybridized carbons (Fsp3) is 0.533. The number of carbonyl (C=O) groups is 1. The first-order valence-corrected chi connectivity index (χ1v) is 6.94. The average Bonchev–Trinajstić information content (AvgIpc) is 2.43. The molecule has 1 aromatic rings. The Hall–Kier alpha value is -1.31. The summed E-state index contributed by atoms with van der Waals surface area (Å²) in [7, 11) is 0. The monoisotopic (exact) mass is 354 g/mol. The van der Waals surface area contributed by atoms with Crippen molar-refractivity contribution in [2.45, 2.75) is 39.2 Å². The number of halogens is 4. The van der Waals surface area contributed by atoms with Gasteiger partial charge in [-0.3, -0.25) is 4.79 Å². The molecule has 0 spiro atoms. The van der Waals surface area contributed by atoms with E-state index < -0.39 is 12.8 Å². The van der Waals surface area contributed by atoms with Gasteiger partial charge in [0.25, 0.3) is 0 Å². The maximum atomic E-state index is 11.9. The zero-order valence-electron chi connectivity index (χ0n) is 13.0. The molecule has 2 unspecified atom stereocenters. The number of hydrogen-bond acceptors (Lipinski definition) is 3. The summed E-state index contributed by atoms with van der Waals surface area (Å²) in [5.74, 6) is -0.414. The number of amides is 1. The minimum Gasteiger partial charge on any atom is -0.367 e. The Labute approximate surface area is 140 Å². The van der Waals surface area contributed by atoms with Crippen LogP contribution in [-0.4, -0.2) is 24.7 Å². The van der Waals surface area contributed by atoms with Crippen LogP contribution in [0.15, 0.2) is 24.3 Å². The second-order valence-electron chi connectivity index (χ2n) is 5.29. The Bertz CT molecular complexity index is 479. The van der Waals surface area contributed by atoms with E-state index in [9.17, 15) is 18.0 Å². The molecular weight excluding hydrogens is 333 g/mol. The van der Waals surface area contributed by atoms with E-state index in [0.29, 0.717) is 12.1 Å². The molecule has 1 amide bonds. The molecule has 3 N–H and O–H groups in total. The van der Waals surface area contributed by atoms with E-state index in [1.807, 2.05) is 0 Å². The number of carbonyl (C=O) groups excluding carboxylic acids is 1. The van der Waals surface area contributed by atoms with Crippen molar-refractivity contribution in [2.75, 3.05) is 6.61 Å². The predicted octanol–water partition coefficient (Wildman–Crippen LogP) is 2.79. The normalized spacial score (nSPS) is 13.8. The third-order valence-electron chi connectivity index (χ3n) is 3.23. The molecule has 0 bridgehead atoms. The zero-order valence-corrected chi connectivity index (χ0v) is 13.8. The summed E-state index contributed by atoms with van der Waals surface area (Å²) in [6.07, 6.45) is -4.32. The fourth-order valence-electron chi connectivity index (χ4n) is 1.63. The van der Waals surface area contributed by atoms with Crippen LogP contribution in [0, 0.1) is 5.92 Å². The molecule has 4 nitrogen and oxygen atoms in total. The van der Waals surface area contributed by atoms with Gasteiger partial charge in [0.05, 0.1) is 6.61 Å². The van der Waals surface area contributed by atoms with Gasteiger partial charge in [0, 0.05) is 18.5 Å². The fourth-order valence-corrected chi connectivity index (χ4v) is 1.63. The lowest BCUT2D eigenvalue weighted by molar-refractivity contribution is -0.176. The highest BCUT2D eigenvalue weighted by Crippen LogP contribution is 2.15. The van der Waals surface area contributed by atoms with Gasteiger partial charge in [0.15, 0.2) is 0 Å². The number of hydrogen-bond donors (Lipinski definition) is 2. The molecule has 0 fully saturated rings. The highest BCUT2D eigenvalue weighted by Gasteiger charge is 2.27. The van der Waals surface area contributed by atoms with Gasteiger partial charge in [0.2, 0.25) is 5.91 Å². The van der Waals surface area contributed by atoms with Gasteiger partial charge in [0.1, 0.15) is 6.61 Å². The van der Waals surface area contributed by atoms with E-state index in [1.54, 1.807) is 38.1 Å². The molecule has 0 saturated heterocycles. The van der Waals surface area contributed by atoms with E-state index in [-0.39, 0.29) is 36.9 Å². The van der Waals surface area contributed by atoms with Gasteiger partial charge in [-0.1, -0.05) is 31.2 Å². The second kappa shape index (κ2) is 9.75. The molecule has 0 heterocycles. The van der Waals surface area contributed by atoms with Gasteiger partial charge in [-0.15, -0.1) is 12.4 Å². The Morgan fingerprint density at radius 1 is 1.22 bits per heavy atom. The van der Waals surface area contributed by atoms with Gasteiger partial charge in [-0.05, 0) is 18.1 Å². The summed E-state index contributed by atoms with van der Waals surface area (Å²) < 4.78 is 40.4. The van der Waals surface area contributed by atoms with Crippen LogP contribution < -0.4 is 11.1 Å². The average molecular weight is 355 g/mol. The van der Waals surface area contributed by atoms with E-state index >= 15 is 0 Å². The number of ether oxygens (including phenoxy) is 1. The van der Waals surface area contributed by atoms with Crippen LogP contribution in [-0.2, 0) is 22.7 Å². The van der Waals surface area contributed by atoms with Gasteiger partial charge >= 0.3 is 6.18 Å². The number of nitrogens with one attached hydrogen (secondary N) is 1. The van der Waals surface area contributed by atoms with E-state index in [4.69, 9.17) is 5.73 Å². The quantitative estimate of drug-likeness (QED) is 0.791. The van der Waals surface area contributed by atoms with Gasteiger partial charge in [-0.25, -0.2) is 0 Å². The van der Waals surface area contributed by atoms with Crippen molar-refractivity contribution < 1.29 is 22.7 Å². The number of rotatable bonds is 7. The zero-order chi connectivity index (χ0) is 16.8. The molecule has 23 heavy (non-hydrogen) atoms. The largest absolute Gasteiger partial charge is 0.411 e. The molecule has 8 heteroatoms. The van der Waals surface area contributed by atoms with Crippen molar-refractivity contribution in [3.05, 3.63) is 35.4 Å². The first-order chi connectivity index (χ1) is 10.2. The van der Waals surface area contributed by atoms with E-state index in [0.717, 1.165) is 5.56 Å². The van der Waals surface area contributed by atoms with Crippen LogP contribution in [0.1, 0.15) is 25.0 Å². The number of nitrogens with two attached hydrogens (primary N) is 1. The summed E-state index contributed by atoms with van der Waals surface area (Å²) in [6, 6.07) is 6.60. The van der Waals surface area contributed by atoms with Crippen LogP contribution in [0.2, 0.25) is 0 Å². The molecule has 0 saturated carbocycles. The van der Waals surface area contributed by atoms with Crippen LogP contribution in [0.4, 0.5) is 13.2 Å². The van der Waals surface area contributed by atoms with Crippen LogP contribution >= 0.6 is 12.4 Å². The summed E-state index contributed by atoms with van der Waals surface area (Å²) >= 11 is 0. The smallest absolute Gasteiger partial charge is 0.367 e. The lowest BCUT2D eigenvalue weighted by Crippen LogP contribution is -2.38. The Balaban J connectivity index is 0.00000484. The molecular formula is C15H22ClF3N2O2. The first-order valence-electron chi connectivity index (χ1n) is 6.94. The van der Waals surface area contributed by atoms with Crippen molar-refractivity contribution in [3.63, 3.8) is 0 Å². The SMILES string of the molecule is CC(N)C(C)C(=O)NCc1ccc(COCC(F)(F)F)cc1.Cl. The number of benzene rings is 1. The first kappa shape index (κ1) is 21.7. The molecule has 0 aromatic heterocycles. The standard InChI is InChI=1S/C15H21F3N2O2.ClH/c1-10(11(2)19)14(21)20-7-12-3-5-13(6-4-12)8-22-9-15(16,17)18;/h3-6,10-11H,7-9,19H2,1-2H3,(H,20,21);1H. The van der Waals surface area contributed by atoms with E-state index in [1.165, 1.54) is 0 Å². The maximum Gasteiger partial charge on any atom is 0.411 e. The molecule has 0 radical (unpaired) electrons. The second-order valence-corrected chi connectivity index (χ2v) is 5.29.